The van der Waals surface area contributed by atoms with Gasteiger partial charge in [-0.1, -0.05) is 17.7 Å². The van der Waals surface area contributed by atoms with E-state index in [1.54, 1.807) is 6.07 Å². The van der Waals surface area contributed by atoms with Gasteiger partial charge in [-0.3, -0.25) is 0 Å². The molecule has 5 rings (SSSR count). The molecule has 2 aromatic heterocycles. The smallest absolute Gasteiger partial charge is 0.143 e. The van der Waals surface area contributed by atoms with Crippen LogP contribution in [0.1, 0.15) is 11.3 Å². The fraction of sp³-hybridized carbons (Fsp3) is 0.158. The highest BCUT2D eigenvalue weighted by molar-refractivity contribution is 6.31. The summed E-state index contributed by atoms with van der Waals surface area (Å²) in [5.41, 5.74) is 4.12. The Labute approximate surface area is 148 Å². The molecule has 4 nitrogen and oxygen atoms in total. The largest absolute Gasteiger partial charge is 0.358 e. The molecule has 0 bridgehead atoms. The number of fused-ring (bicyclic) bond motifs is 4. The molecular formula is C19H14ClFN4. The van der Waals surface area contributed by atoms with Crippen LogP contribution in [-0.2, 0) is 13.0 Å². The Kier molecular flexibility index (Phi) is 3.18. The molecule has 0 amide bonds. The molecule has 1 aliphatic heterocycles. The highest BCUT2D eigenvalue weighted by atomic mass is 35.5. The number of nitrogens with one attached hydrogen (secondary N) is 1. The van der Waals surface area contributed by atoms with E-state index in [1.165, 1.54) is 23.7 Å². The second kappa shape index (κ2) is 5.43. The monoisotopic (exact) mass is 352 g/mol. The first kappa shape index (κ1) is 14.7. The SMILES string of the molecule is Fc1cccc2ncnc(N3CCc4[nH]c5ccc(Cl)cc5c4C3)c12. The molecule has 0 atom stereocenters. The van der Waals surface area contributed by atoms with Crippen molar-refractivity contribution in [2.24, 2.45) is 0 Å². The van der Waals surface area contributed by atoms with Crippen LogP contribution in [0.4, 0.5) is 10.2 Å². The Hall–Kier alpha value is -2.66. The van der Waals surface area contributed by atoms with Gasteiger partial charge in [0.1, 0.15) is 18.0 Å². The molecule has 3 heterocycles. The molecule has 0 aliphatic carbocycles. The molecule has 0 unspecified atom stereocenters. The van der Waals surface area contributed by atoms with Crippen molar-refractivity contribution in [3.63, 3.8) is 0 Å². The zero-order valence-corrected chi connectivity index (χ0v) is 14.0. The topological polar surface area (TPSA) is 44.8 Å². The predicted octanol–water partition coefficient (Wildman–Crippen LogP) is 4.47. The molecule has 0 fully saturated rings. The van der Waals surface area contributed by atoms with Crippen LogP contribution in [0.15, 0.2) is 42.7 Å². The van der Waals surface area contributed by atoms with Gasteiger partial charge >= 0.3 is 0 Å². The Morgan fingerprint density at radius 3 is 3.00 bits per heavy atom. The number of hydrogen-bond donors (Lipinski definition) is 1. The average Bonchev–Trinajstić information content (AvgIpc) is 2.98. The molecule has 0 saturated heterocycles. The third-order valence-electron chi connectivity index (χ3n) is 4.83. The van der Waals surface area contributed by atoms with Gasteiger partial charge in [-0.05, 0) is 30.3 Å². The molecule has 25 heavy (non-hydrogen) atoms. The third-order valence-corrected chi connectivity index (χ3v) is 5.06. The van der Waals surface area contributed by atoms with Crippen molar-refractivity contribution >= 4 is 39.2 Å². The van der Waals surface area contributed by atoms with Crippen molar-refractivity contribution in [2.75, 3.05) is 11.4 Å². The number of halogens is 2. The minimum absolute atomic E-state index is 0.291. The molecule has 4 aromatic rings. The van der Waals surface area contributed by atoms with E-state index in [2.05, 4.69) is 19.9 Å². The molecule has 1 aliphatic rings. The maximum absolute atomic E-state index is 14.4. The van der Waals surface area contributed by atoms with Gasteiger partial charge < -0.3 is 9.88 Å². The summed E-state index contributed by atoms with van der Waals surface area (Å²) >= 11 is 6.17. The number of anilines is 1. The normalized spacial score (nSPS) is 14.2. The highest BCUT2D eigenvalue weighted by Crippen LogP contribution is 2.33. The molecule has 0 radical (unpaired) electrons. The molecule has 0 spiro atoms. The van der Waals surface area contributed by atoms with Crippen molar-refractivity contribution in [2.45, 2.75) is 13.0 Å². The number of aromatic nitrogens is 3. The lowest BCUT2D eigenvalue weighted by Crippen LogP contribution is -2.31. The van der Waals surface area contributed by atoms with E-state index in [4.69, 9.17) is 11.6 Å². The van der Waals surface area contributed by atoms with Crippen molar-refractivity contribution in [1.29, 1.82) is 0 Å². The maximum atomic E-state index is 14.4. The second-order valence-electron chi connectivity index (χ2n) is 6.27. The van der Waals surface area contributed by atoms with E-state index < -0.39 is 0 Å². The van der Waals surface area contributed by atoms with Gasteiger partial charge in [0.05, 0.1) is 10.9 Å². The van der Waals surface area contributed by atoms with Gasteiger partial charge in [-0.2, -0.15) is 0 Å². The molecule has 6 heteroatoms. The zero-order valence-electron chi connectivity index (χ0n) is 13.3. The average molecular weight is 353 g/mol. The highest BCUT2D eigenvalue weighted by Gasteiger charge is 2.24. The number of hydrogen-bond acceptors (Lipinski definition) is 3. The second-order valence-corrected chi connectivity index (χ2v) is 6.71. The fourth-order valence-electron chi connectivity index (χ4n) is 3.66. The summed E-state index contributed by atoms with van der Waals surface area (Å²) in [6.45, 7) is 1.43. The summed E-state index contributed by atoms with van der Waals surface area (Å²) < 4.78 is 14.4. The van der Waals surface area contributed by atoms with Crippen LogP contribution < -0.4 is 4.90 Å². The number of nitrogens with zero attached hydrogens (tertiary/aromatic N) is 3. The lowest BCUT2D eigenvalue weighted by molar-refractivity contribution is 0.636. The van der Waals surface area contributed by atoms with Gasteiger partial charge in [0.15, 0.2) is 0 Å². The van der Waals surface area contributed by atoms with E-state index in [9.17, 15) is 4.39 Å². The molecule has 124 valence electrons. The molecular weight excluding hydrogens is 339 g/mol. The summed E-state index contributed by atoms with van der Waals surface area (Å²) in [6.07, 6.45) is 2.35. The third kappa shape index (κ3) is 2.27. The first-order chi connectivity index (χ1) is 12.2. The maximum Gasteiger partial charge on any atom is 0.143 e. The molecule has 0 saturated carbocycles. The van der Waals surface area contributed by atoms with Gasteiger partial charge in [-0.15, -0.1) is 0 Å². The first-order valence-corrected chi connectivity index (χ1v) is 8.51. The van der Waals surface area contributed by atoms with Crippen molar-refractivity contribution in [1.82, 2.24) is 15.0 Å². The van der Waals surface area contributed by atoms with Gasteiger partial charge in [0.25, 0.3) is 0 Å². The van der Waals surface area contributed by atoms with Crippen LogP contribution in [-0.4, -0.2) is 21.5 Å². The quantitative estimate of drug-likeness (QED) is 0.550. The molecule has 2 aromatic carbocycles. The standard InChI is InChI=1S/C19H14ClFN4/c20-11-4-5-15-12(8-11)13-9-25(7-6-16(13)24-15)19-18-14(21)2-1-3-17(18)22-10-23-19/h1-5,8,10,24H,6-7,9H2. The number of aromatic amines is 1. The summed E-state index contributed by atoms with van der Waals surface area (Å²) in [6, 6.07) is 10.8. The van der Waals surface area contributed by atoms with Gasteiger partial charge in [0.2, 0.25) is 0 Å². The van der Waals surface area contributed by atoms with E-state index in [0.29, 0.717) is 28.3 Å². The summed E-state index contributed by atoms with van der Waals surface area (Å²) in [5, 5.41) is 2.31. The zero-order chi connectivity index (χ0) is 17.0. The van der Waals surface area contributed by atoms with Crippen molar-refractivity contribution in [3.05, 3.63) is 64.8 Å². The predicted molar refractivity (Wildman–Crippen MR) is 97.6 cm³/mol. The lowest BCUT2D eigenvalue weighted by atomic mass is 10.0. The van der Waals surface area contributed by atoms with E-state index in [0.717, 1.165) is 23.9 Å². The van der Waals surface area contributed by atoms with E-state index in [1.807, 2.05) is 24.3 Å². The Morgan fingerprint density at radius 2 is 2.08 bits per heavy atom. The van der Waals surface area contributed by atoms with Gasteiger partial charge in [0, 0.05) is 46.7 Å². The Balaban J connectivity index is 1.65. The van der Waals surface area contributed by atoms with Crippen LogP contribution >= 0.6 is 11.6 Å². The van der Waals surface area contributed by atoms with E-state index >= 15 is 0 Å². The van der Waals surface area contributed by atoms with Gasteiger partial charge in [-0.25, -0.2) is 14.4 Å². The number of benzene rings is 2. The van der Waals surface area contributed by atoms with Crippen LogP contribution in [0.25, 0.3) is 21.8 Å². The summed E-state index contributed by atoms with van der Waals surface area (Å²) in [4.78, 5) is 14.2. The summed E-state index contributed by atoms with van der Waals surface area (Å²) in [7, 11) is 0. The lowest BCUT2D eigenvalue weighted by Gasteiger charge is -2.29. The minimum Gasteiger partial charge on any atom is -0.358 e. The van der Waals surface area contributed by atoms with Crippen LogP contribution in [0, 0.1) is 5.82 Å². The van der Waals surface area contributed by atoms with Crippen LogP contribution in [0.2, 0.25) is 5.02 Å². The Bertz CT molecular complexity index is 1120. The Morgan fingerprint density at radius 1 is 1.16 bits per heavy atom. The number of rotatable bonds is 1. The van der Waals surface area contributed by atoms with Crippen molar-refractivity contribution < 1.29 is 4.39 Å². The van der Waals surface area contributed by atoms with E-state index in [-0.39, 0.29) is 5.82 Å². The summed E-state index contributed by atoms with van der Waals surface area (Å²) in [5.74, 6) is 0.353. The van der Waals surface area contributed by atoms with Crippen LogP contribution in [0.5, 0.6) is 0 Å². The van der Waals surface area contributed by atoms with Crippen molar-refractivity contribution in [3.8, 4) is 0 Å². The first-order valence-electron chi connectivity index (χ1n) is 8.14. The number of H-pyrrole nitrogens is 1. The fourth-order valence-corrected chi connectivity index (χ4v) is 3.83. The molecule has 1 N–H and O–H groups in total. The minimum atomic E-state index is -0.291. The van der Waals surface area contributed by atoms with Crippen LogP contribution in [0.3, 0.4) is 0 Å².